The standard InChI is InChI=1S/C25H35N3O6/c1-14(2)7-16-12-28-6-5-15-9-21(32-3)22(33-4)10-18(15)20(28)8-17(16)13-34-23(29)11-19-24(30)27-25(31)26-19/h9-10,14,16-17,19-20H,5-8,11-13H2,1-4H3,(H2,26,27,30,31)/t16-,17+,19+,20-/m1/s1. The van der Waals surface area contributed by atoms with E-state index >= 15 is 0 Å². The molecular weight excluding hydrogens is 438 g/mol. The minimum atomic E-state index is -0.860. The van der Waals surface area contributed by atoms with Crippen molar-refractivity contribution in [3.63, 3.8) is 0 Å². The first-order chi connectivity index (χ1) is 16.3. The third kappa shape index (κ3) is 5.14. The predicted octanol–water partition coefficient (Wildman–Crippen LogP) is 2.43. The number of ether oxygens (including phenoxy) is 3. The first kappa shape index (κ1) is 24.3. The molecule has 2 fully saturated rings. The molecule has 0 bridgehead atoms. The molecule has 2 saturated heterocycles. The van der Waals surface area contributed by atoms with Crippen LogP contribution in [0.2, 0.25) is 0 Å². The van der Waals surface area contributed by atoms with Gasteiger partial charge in [0.1, 0.15) is 6.04 Å². The number of carbonyl (C=O) groups is 3. The summed E-state index contributed by atoms with van der Waals surface area (Å²) in [5, 5.41) is 4.59. The molecule has 9 nitrogen and oxygen atoms in total. The molecule has 0 radical (unpaired) electrons. The number of nitrogens with zero attached hydrogens (tertiary/aromatic N) is 1. The van der Waals surface area contributed by atoms with Crippen molar-refractivity contribution in [1.29, 1.82) is 0 Å². The van der Waals surface area contributed by atoms with E-state index in [1.165, 1.54) is 11.1 Å². The largest absolute Gasteiger partial charge is 0.493 e. The second kappa shape index (κ2) is 10.2. The monoisotopic (exact) mass is 473 g/mol. The maximum atomic E-state index is 12.5. The number of esters is 1. The molecule has 4 rings (SSSR count). The van der Waals surface area contributed by atoms with Crippen molar-refractivity contribution in [2.24, 2.45) is 17.8 Å². The SMILES string of the molecule is COc1cc2c(cc1OC)[C@H]1C[C@@H](COC(=O)C[C@@H]3NC(=O)NC3=O)[C@H](CC(C)C)CN1CC2. The summed E-state index contributed by atoms with van der Waals surface area (Å²) >= 11 is 0. The molecule has 0 aromatic heterocycles. The Morgan fingerprint density at radius 3 is 2.53 bits per heavy atom. The summed E-state index contributed by atoms with van der Waals surface area (Å²) in [6, 6.07) is 2.98. The minimum Gasteiger partial charge on any atom is -0.493 e. The van der Waals surface area contributed by atoms with Crippen LogP contribution in [0.15, 0.2) is 12.1 Å². The molecule has 2 N–H and O–H groups in total. The molecule has 1 aromatic carbocycles. The molecule has 3 heterocycles. The molecular formula is C25H35N3O6. The lowest BCUT2D eigenvalue weighted by Gasteiger charge is -2.47. The molecule has 3 aliphatic heterocycles. The van der Waals surface area contributed by atoms with E-state index in [0.717, 1.165) is 43.9 Å². The number of carbonyl (C=O) groups excluding carboxylic acids is 3. The average molecular weight is 474 g/mol. The van der Waals surface area contributed by atoms with E-state index in [1.54, 1.807) is 14.2 Å². The number of imide groups is 1. The van der Waals surface area contributed by atoms with Crippen LogP contribution in [-0.2, 0) is 20.7 Å². The molecule has 0 saturated carbocycles. The van der Waals surface area contributed by atoms with Crippen molar-refractivity contribution < 1.29 is 28.6 Å². The highest BCUT2D eigenvalue weighted by Crippen LogP contribution is 2.45. The van der Waals surface area contributed by atoms with Crippen LogP contribution in [0, 0.1) is 17.8 Å². The number of rotatable bonds is 8. The summed E-state index contributed by atoms with van der Waals surface area (Å²) < 4.78 is 16.7. The topological polar surface area (TPSA) is 106 Å². The molecule has 4 atom stereocenters. The second-order valence-corrected chi connectivity index (χ2v) is 9.95. The van der Waals surface area contributed by atoms with Gasteiger partial charge in [-0.3, -0.25) is 19.8 Å². The summed E-state index contributed by atoms with van der Waals surface area (Å²) in [5.74, 6) is 1.68. The van der Waals surface area contributed by atoms with Crippen molar-refractivity contribution in [1.82, 2.24) is 15.5 Å². The van der Waals surface area contributed by atoms with Gasteiger partial charge in [0.2, 0.25) is 0 Å². The lowest BCUT2D eigenvalue weighted by Crippen LogP contribution is -2.47. The fourth-order valence-corrected chi connectivity index (χ4v) is 5.61. The molecule has 3 aliphatic rings. The molecule has 9 heteroatoms. The number of fused-ring (bicyclic) bond motifs is 3. The maximum Gasteiger partial charge on any atom is 0.322 e. The molecule has 1 aromatic rings. The van der Waals surface area contributed by atoms with Gasteiger partial charge in [-0.15, -0.1) is 0 Å². The Morgan fingerprint density at radius 1 is 1.15 bits per heavy atom. The maximum absolute atomic E-state index is 12.5. The summed E-state index contributed by atoms with van der Waals surface area (Å²) in [6.07, 6.45) is 2.75. The zero-order valence-electron chi connectivity index (χ0n) is 20.4. The van der Waals surface area contributed by atoms with Crippen LogP contribution in [0.3, 0.4) is 0 Å². The van der Waals surface area contributed by atoms with Crippen LogP contribution in [0.4, 0.5) is 4.79 Å². The molecule has 0 unspecified atom stereocenters. The second-order valence-electron chi connectivity index (χ2n) is 9.95. The van der Waals surface area contributed by atoms with Gasteiger partial charge in [-0.2, -0.15) is 0 Å². The predicted molar refractivity (Wildman–Crippen MR) is 125 cm³/mol. The summed E-state index contributed by atoms with van der Waals surface area (Å²) in [5.41, 5.74) is 2.54. The summed E-state index contributed by atoms with van der Waals surface area (Å²) in [6.45, 7) is 6.70. The molecule has 3 amide bonds. The van der Waals surface area contributed by atoms with Gasteiger partial charge in [0, 0.05) is 19.1 Å². The fraction of sp³-hybridized carbons (Fsp3) is 0.640. The normalized spacial score (nSPS) is 26.4. The Morgan fingerprint density at radius 2 is 1.88 bits per heavy atom. The molecule has 186 valence electrons. The molecule has 0 aliphatic carbocycles. The van der Waals surface area contributed by atoms with E-state index in [2.05, 4.69) is 41.5 Å². The fourth-order valence-electron chi connectivity index (χ4n) is 5.61. The Hall–Kier alpha value is -2.81. The van der Waals surface area contributed by atoms with Crippen LogP contribution in [0.25, 0.3) is 0 Å². The van der Waals surface area contributed by atoms with Gasteiger partial charge >= 0.3 is 12.0 Å². The molecule has 34 heavy (non-hydrogen) atoms. The third-order valence-electron chi connectivity index (χ3n) is 7.24. The van der Waals surface area contributed by atoms with E-state index in [-0.39, 0.29) is 18.4 Å². The zero-order chi connectivity index (χ0) is 24.4. The van der Waals surface area contributed by atoms with Crippen LogP contribution in [0.1, 0.15) is 50.3 Å². The Balaban J connectivity index is 1.48. The highest BCUT2D eigenvalue weighted by Gasteiger charge is 2.40. The first-order valence-electron chi connectivity index (χ1n) is 12.0. The van der Waals surface area contributed by atoms with Crippen molar-refractivity contribution in [3.05, 3.63) is 23.3 Å². The van der Waals surface area contributed by atoms with Gasteiger partial charge in [-0.1, -0.05) is 13.8 Å². The number of urea groups is 1. The number of nitrogens with one attached hydrogen (secondary N) is 2. The van der Waals surface area contributed by atoms with Gasteiger partial charge in [0.05, 0.1) is 27.2 Å². The Kier molecular flexibility index (Phi) is 7.30. The number of hydrogen-bond acceptors (Lipinski definition) is 7. The number of hydrogen-bond donors (Lipinski definition) is 2. The van der Waals surface area contributed by atoms with E-state index in [9.17, 15) is 14.4 Å². The number of amides is 3. The van der Waals surface area contributed by atoms with Crippen LogP contribution in [0.5, 0.6) is 11.5 Å². The zero-order valence-corrected chi connectivity index (χ0v) is 20.4. The average Bonchev–Trinajstić information content (AvgIpc) is 3.12. The van der Waals surface area contributed by atoms with Crippen molar-refractivity contribution >= 4 is 17.9 Å². The van der Waals surface area contributed by atoms with Gasteiger partial charge in [0.25, 0.3) is 5.91 Å². The van der Waals surface area contributed by atoms with Crippen LogP contribution >= 0.6 is 0 Å². The van der Waals surface area contributed by atoms with Gasteiger partial charge in [-0.25, -0.2) is 4.79 Å². The minimum absolute atomic E-state index is 0.158. The third-order valence-corrected chi connectivity index (χ3v) is 7.24. The summed E-state index contributed by atoms with van der Waals surface area (Å²) in [7, 11) is 3.31. The quantitative estimate of drug-likeness (QED) is 0.441. The van der Waals surface area contributed by atoms with Gasteiger partial charge in [0.15, 0.2) is 11.5 Å². The lowest BCUT2D eigenvalue weighted by atomic mass is 9.74. The van der Waals surface area contributed by atoms with Crippen LogP contribution in [-0.4, -0.2) is 62.8 Å². The number of piperidine rings is 1. The van der Waals surface area contributed by atoms with E-state index < -0.39 is 23.9 Å². The first-order valence-corrected chi connectivity index (χ1v) is 12.0. The van der Waals surface area contributed by atoms with Gasteiger partial charge < -0.3 is 19.5 Å². The lowest BCUT2D eigenvalue weighted by molar-refractivity contribution is -0.148. The van der Waals surface area contributed by atoms with E-state index in [4.69, 9.17) is 14.2 Å². The van der Waals surface area contributed by atoms with Crippen molar-refractivity contribution in [3.8, 4) is 11.5 Å². The van der Waals surface area contributed by atoms with Gasteiger partial charge in [-0.05, 0) is 60.3 Å². The highest BCUT2D eigenvalue weighted by molar-refractivity contribution is 6.05. The number of benzene rings is 1. The number of methoxy groups -OCH3 is 2. The van der Waals surface area contributed by atoms with Crippen molar-refractivity contribution in [2.45, 2.75) is 51.6 Å². The van der Waals surface area contributed by atoms with E-state index in [1.807, 2.05) is 0 Å². The molecule has 0 spiro atoms. The smallest absolute Gasteiger partial charge is 0.322 e. The van der Waals surface area contributed by atoms with Crippen LogP contribution < -0.4 is 20.1 Å². The van der Waals surface area contributed by atoms with E-state index in [0.29, 0.717) is 18.4 Å². The Labute approximate surface area is 200 Å². The Bertz CT molecular complexity index is 949. The highest BCUT2D eigenvalue weighted by atomic mass is 16.5. The summed E-state index contributed by atoms with van der Waals surface area (Å²) in [4.78, 5) is 38.1. The van der Waals surface area contributed by atoms with Crippen molar-refractivity contribution in [2.75, 3.05) is 33.9 Å².